The fourth-order valence-electron chi connectivity index (χ4n) is 5.13. The first-order valence-corrected chi connectivity index (χ1v) is 14.4. The van der Waals surface area contributed by atoms with Gasteiger partial charge in [0, 0.05) is 18.6 Å². The van der Waals surface area contributed by atoms with E-state index in [1.807, 2.05) is 40.7 Å². The molecule has 212 valence electrons. The number of nitrogens with zero attached hydrogens (tertiary/aromatic N) is 4. The van der Waals surface area contributed by atoms with Gasteiger partial charge in [-0.05, 0) is 53.0 Å². The molecule has 1 aliphatic carbocycles. The third kappa shape index (κ3) is 5.46. The van der Waals surface area contributed by atoms with Crippen LogP contribution in [0.3, 0.4) is 0 Å². The molecule has 4 atom stereocenters. The maximum absolute atomic E-state index is 11.4. The molecule has 10 nitrogen and oxygen atoms in total. The fraction of sp³-hybridized carbons (Fsp3) is 0.448. The van der Waals surface area contributed by atoms with Crippen LogP contribution in [-0.4, -0.2) is 60.3 Å². The lowest BCUT2D eigenvalue weighted by atomic mass is 10.0. The molecule has 5 N–H and O–H groups in total. The maximum atomic E-state index is 11.4. The van der Waals surface area contributed by atoms with Gasteiger partial charge in [0.25, 0.3) is 0 Å². The highest BCUT2D eigenvalue weighted by Gasteiger charge is 2.47. The number of benzene rings is 1. The van der Waals surface area contributed by atoms with E-state index in [1.54, 1.807) is 0 Å². The normalized spacial score (nSPS) is 21.5. The molecule has 1 aliphatic rings. The summed E-state index contributed by atoms with van der Waals surface area (Å²) in [6.07, 6.45) is -0.438. The van der Waals surface area contributed by atoms with Crippen molar-refractivity contribution < 1.29 is 20.1 Å². The molecule has 0 saturated heterocycles. The van der Waals surface area contributed by atoms with E-state index in [-0.39, 0.29) is 19.1 Å². The number of aromatic nitrogens is 4. The van der Waals surface area contributed by atoms with E-state index < -0.39 is 17.7 Å². The minimum atomic E-state index is -1.67. The summed E-state index contributed by atoms with van der Waals surface area (Å²) in [6.45, 7) is 10.1. The molecule has 3 heterocycles. The van der Waals surface area contributed by atoms with Crippen LogP contribution in [0, 0.1) is 26.7 Å². The van der Waals surface area contributed by atoms with E-state index in [2.05, 4.69) is 39.9 Å². The molecule has 4 aromatic rings. The smallest absolute Gasteiger partial charge is 0.225 e. The first-order chi connectivity index (χ1) is 19.1. The van der Waals surface area contributed by atoms with Crippen LogP contribution in [0.5, 0.6) is 5.88 Å². The van der Waals surface area contributed by atoms with Crippen molar-refractivity contribution >= 4 is 33.3 Å². The highest BCUT2D eigenvalue weighted by atomic mass is 32.1. The van der Waals surface area contributed by atoms with Crippen LogP contribution in [0.4, 0.5) is 11.8 Å². The third-order valence-corrected chi connectivity index (χ3v) is 8.47. The maximum Gasteiger partial charge on any atom is 0.225 e. The number of hydrogen-bond acceptors (Lipinski definition) is 11. The molecule has 0 spiro atoms. The monoisotopic (exact) mass is 564 g/mol. The van der Waals surface area contributed by atoms with Crippen LogP contribution >= 0.6 is 11.3 Å². The number of nitrogens with one attached hydrogen (secondary N) is 2. The van der Waals surface area contributed by atoms with Gasteiger partial charge in [0.1, 0.15) is 22.4 Å². The Labute approximate surface area is 237 Å². The van der Waals surface area contributed by atoms with Crippen molar-refractivity contribution in [1.82, 2.24) is 19.9 Å². The van der Waals surface area contributed by atoms with Gasteiger partial charge in [-0.25, -0.2) is 15.0 Å². The zero-order chi connectivity index (χ0) is 28.6. The Morgan fingerprint density at radius 3 is 2.52 bits per heavy atom. The Morgan fingerprint density at radius 1 is 1.10 bits per heavy atom. The highest BCUT2D eigenvalue weighted by molar-refractivity contribution is 7.21. The van der Waals surface area contributed by atoms with Gasteiger partial charge in [-0.3, -0.25) is 0 Å². The van der Waals surface area contributed by atoms with Gasteiger partial charge in [-0.1, -0.05) is 29.8 Å². The Kier molecular flexibility index (Phi) is 7.92. The van der Waals surface area contributed by atoms with Gasteiger partial charge in [0.05, 0.1) is 34.3 Å². The average molecular weight is 565 g/mol. The lowest BCUT2D eigenvalue weighted by Gasteiger charge is -2.31. The number of ether oxygens (including phenoxy) is 1. The van der Waals surface area contributed by atoms with Gasteiger partial charge < -0.3 is 30.7 Å². The molecule has 0 amide bonds. The lowest BCUT2D eigenvalue weighted by molar-refractivity contribution is -0.0545. The molecular formula is C29H36N6O4S. The molecule has 11 heteroatoms. The van der Waals surface area contributed by atoms with Crippen molar-refractivity contribution in [3.05, 3.63) is 52.8 Å². The number of thiazole rings is 1. The lowest BCUT2D eigenvalue weighted by Crippen LogP contribution is -2.48. The van der Waals surface area contributed by atoms with Crippen molar-refractivity contribution in [1.29, 1.82) is 0 Å². The summed E-state index contributed by atoms with van der Waals surface area (Å²) in [6, 6.07) is 10.0. The molecular weight excluding hydrogens is 528 g/mol. The molecule has 1 fully saturated rings. The standard InChI is InChI=1S/C29H36N6O4S/c1-6-39-22-13-21-24(18(5)30-22)33-27(40-21)23-17(4)32-28(31-16(3)19-9-7-15(2)8-10-19)34-26(23)35-29(38)12-11-20(14-36)25(29)37/h7-10,13,16,20,25,36-38H,6,11-12,14H2,1-5H3,(H2,31,32,34,35). The van der Waals surface area contributed by atoms with Crippen LogP contribution in [0.1, 0.15) is 55.2 Å². The minimum Gasteiger partial charge on any atom is -0.478 e. The third-order valence-electron chi connectivity index (χ3n) is 7.45. The van der Waals surface area contributed by atoms with Gasteiger partial charge >= 0.3 is 0 Å². The van der Waals surface area contributed by atoms with E-state index in [1.165, 1.54) is 16.9 Å². The van der Waals surface area contributed by atoms with Crippen LogP contribution in [-0.2, 0) is 0 Å². The second kappa shape index (κ2) is 11.2. The number of pyridine rings is 1. The summed E-state index contributed by atoms with van der Waals surface area (Å²) in [5.74, 6) is 0.832. The molecule has 3 aromatic heterocycles. The molecule has 4 unspecified atom stereocenters. The average Bonchev–Trinajstić information content (AvgIpc) is 3.45. The van der Waals surface area contributed by atoms with Gasteiger partial charge in [0.2, 0.25) is 11.8 Å². The minimum absolute atomic E-state index is 0.0780. The highest BCUT2D eigenvalue weighted by Crippen LogP contribution is 2.41. The number of rotatable bonds is 9. The summed E-state index contributed by atoms with van der Waals surface area (Å²) in [7, 11) is 0. The SMILES string of the molecule is CCOc1cc2sc(-c3c(C)nc(NC(C)c4ccc(C)cc4)nc3NC3(O)CCC(CO)C3O)nc2c(C)n1. The summed E-state index contributed by atoms with van der Waals surface area (Å²) >= 11 is 1.46. The second-order valence-corrected chi connectivity index (χ2v) is 11.5. The van der Waals surface area contributed by atoms with Gasteiger partial charge in [-0.2, -0.15) is 4.98 Å². The number of aryl methyl sites for hydroxylation is 3. The van der Waals surface area contributed by atoms with Crippen LogP contribution in [0.2, 0.25) is 0 Å². The number of aliphatic hydroxyl groups is 3. The van der Waals surface area contributed by atoms with E-state index in [4.69, 9.17) is 19.7 Å². The first-order valence-electron chi connectivity index (χ1n) is 13.5. The molecule has 1 aromatic carbocycles. The van der Waals surface area contributed by atoms with Gasteiger partial charge in [-0.15, -0.1) is 11.3 Å². The second-order valence-electron chi connectivity index (χ2n) is 10.5. The summed E-state index contributed by atoms with van der Waals surface area (Å²) in [4.78, 5) is 18.9. The van der Waals surface area contributed by atoms with Crippen molar-refractivity contribution in [3.63, 3.8) is 0 Å². The number of anilines is 2. The van der Waals surface area contributed by atoms with E-state index in [9.17, 15) is 15.3 Å². The van der Waals surface area contributed by atoms with Crippen molar-refractivity contribution in [2.45, 2.75) is 65.3 Å². The van der Waals surface area contributed by atoms with Gasteiger partial charge in [0.15, 0.2) is 5.72 Å². The molecule has 1 saturated carbocycles. The zero-order valence-electron chi connectivity index (χ0n) is 23.4. The summed E-state index contributed by atoms with van der Waals surface area (Å²) in [5.41, 5.74) is 3.37. The topological polar surface area (TPSA) is 146 Å². The van der Waals surface area contributed by atoms with Crippen molar-refractivity contribution in [3.8, 4) is 16.5 Å². The van der Waals surface area contributed by atoms with Crippen LogP contribution in [0.25, 0.3) is 20.8 Å². The molecule has 0 bridgehead atoms. The first kappa shape index (κ1) is 28.2. The zero-order valence-corrected chi connectivity index (χ0v) is 24.2. The predicted molar refractivity (Wildman–Crippen MR) is 157 cm³/mol. The summed E-state index contributed by atoms with van der Waals surface area (Å²) < 4.78 is 6.54. The van der Waals surface area contributed by atoms with Crippen molar-refractivity contribution in [2.24, 2.45) is 5.92 Å². The quantitative estimate of drug-likeness (QED) is 0.184. The Hall–Kier alpha value is -3.38. The molecule has 0 aliphatic heterocycles. The van der Waals surface area contributed by atoms with Crippen molar-refractivity contribution in [2.75, 3.05) is 23.8 Å². The largest absolute Gasteiger partial charge is 0.478 e. The molecule has 40 heavy (non-hydrogen) atoms. The van der Waals surface area contributed by atoms with E-state index in [0.717, 1.165) is 21.5 Å². The van der Waals surface area contributed by atoms with E-state index >= 15 is 0 Å². The Balaban J connectivity index is 1.58. The molecule has 0 radical (unpaired) electrons. The predicted octanol–water partition coefficient (Wildman–Crippen LogP) is 4.51. The number of hydrogen-bond donors (Lipinski definition) is 5. The number of fused-ring (bicyclic) bond motifs is 1. The van der Waals surface area contributed by atoms with Crippen LogP contribution < -0.4 is 15.4 Å². The fourth-order valence-corrected chi connectivity index (χ4v) is 6.27. The van der Waals surface area contributed by atoms with E-state index in [0.29, 0.717) is 46.9 Å². The summed E-state index contributed by atoms with van der Waals surface area (Å²) in [5, 5.41) is 39.1. The Morgan fingerprint density at radius 2 is 1.85 bits per heavy atom. The number of aliphatic hydroxyl groups excluding tert-OH is 2. The van der Waals surface area contributed by atoms with Crippen LogP contribution in [0.15, 0.2) is 30.3 Å². The Bertz CT molecular complexity index is 1510. The molecule has 5 rings (SSSR count).